The third kappa shape index (κ3) is 5.98. The predicted octanol–water partition coefficient (Wildman–Crippen LogP) is 4.22. The number of para-hydroxylation sites is 1. The molecule has 10 heteroatoms. The first-order valence-corrected chi connectivity index (χ1v) is 11.7. The molecule has 3 aromatic carbocycles. The second-order valence-corrected chi connectivity index (χ2v) is 8.30. The normalized spacial score (nSPS) is 11.2. The van der Waals surface area contributed by atoms with Crippen molar-refractivity contribution in [2.24, 2.45) is 0 Å². The second kappa shape index (κ2) is 11.7. The maximum absolute atomic E-state index is 13.2. The number of carbonyl (C=O) groups is 2. The molecule has 4 rings (SSSR count). The van der Waals surface area contributed by atoms with Crippen LogP contribution in [0.1, 0.15) is 21.5 Å². The number of ether oxygens (including phenoxy) is 2. The monoisotopic (exact) mass is 514 g/mol. The third-order valence-electron chi connectivity index (χ3n) is 5.89. The quantitative estimate of drug-likeness (QED) is 0.165. The molecule has 0 aliphatic rings. The van der Waals surface area contributed by atoms with Gasteiger partial charge in [-0.1, -0.05) is 30.3 Å². The van der Waals surface area contributed by atoms with Crippen molar-refractivity contribution in [1.29, 1.82) is 0 Å². The fraction of sp³-hybridized carbons (Fsp3) is 0.143. The lowest BCUT2D eigenvalue weighted by atomic mass is 10.1. The average Bonchev–Trinajstić information content (AvgIpc) is 3.35. The summed E-state index contributed by atoms with van der Waals surface area (Å²) in [4.78, 5) is 40.1. The van der Waals surface area contributed by atoms with Crippen molar-refractivity contribution in [2.45, 2.75) is 6.42 Å². The Morgan fingerprint density at radius 3 is 2.55 bits per heavy atom. The maximum Gasteiger partial charge on any atom is 0.270 e. The zero-order valence-electron chi connectivity index (χ0n) is 20.8. The van der Waals surface area contributed by atoms with Crippen LogP contribution in [0.4, 0.5) is 5.69 Å². The van der Waals surface area contributed by atoms with Crippen LogP contribution < -0.4 is 20.1 Å². The summed E-state index contributed by atoms with van der Waals surface area (Å²) in [5, 5.41) is 17.7. The lowest BCUT2D eigenvalue weighted by molar-refractivity contribution is -0.384. The Morgan fingerprint density at radius 2 is 1.79 bits per heavy atom. The van der Waals surface area contributed by atoms with E-state index in [0.717, 1.165) is 16.5 Å². The highest BCUT2D eigenvalue weighted by molar-refractivity contribution is 6.05. The lowest BCUT2D eigenvalue weighted by Crippen LogP contribution is -2.35. The number of fused-ring (bicyclic) bond motifs is 1. The van der Waals surface area contributed by atoms with Gasteiger partial charge in [-0.15, -0.1) is 0 Å². The first kappa shape index (κ1) is 26.0. The average molecular weight is 515 g/mol. The molecule has 0 saturated heterocycles. The Bertz CT molecular complexity index is 1520. The SMILES string of the molecule is COc1ccc(C(=O)N/C(=C/c2cccc([N+](=O)[O-])c2)C(=O)NCCc2c[nH]c3ccccc23)cc1OC. The van der Waals surface area contributed by atoms with Gasteiger partial charge in [0.25, 0.3) is 17.5 Å². The Kier molecular flexibility index (Phi) is 8.02. The molecule has 2 amide bonds. The van der Waals surface area contributed by atoms with Crippen LogP contribution in [0.15, 0.2) is 78.6 Å². The Labute approximate surface area is 218 Å². The van der Waals surface area contributed by atoms with Gasteiger partial charge in [-0.2, -0.15) is 0 Å². The molecule has 1 heterocycles. The first-order valence-electron chi connectivity index (χ1n) is 11.7. The zero-order valence-corrected chi connectivity index (χ0v) is 20.8. The number of hydrogen-bond donors (Lipinski definition) is 3. The summed E-state index contributed by atoms with van der Waals surface area (Å²) >= 11 is 0. The maximum atomic E-state index is 13.2. The fourth-order valence-electron chi connectivity index (χ4n) is 3.97. The summed E-state index contributed by atoms with van der Waals surface area (Å²) in [5.74, 6) is -0.293. The molecule has 0 unspecified atom stereocenters. The number of amides is 2. The minimum atomic E-state index is -0.561. The number of rotatable bonds is 10. The molecule has 0 saturated carbocycles. The molecule has 194 valence electrons. The molecule has 10 nitrogen and oxygen atoms in total. The van der Waals surface area contributed by atoms with Crippen LogP contribution in [0.3, 0.4) is 0 Å². The van der Waals surface area contributed by atoms with Crippen LogP contribution in [-0.4, -0.2) is 42.5 Å². The van der Waals surface area contributed by atoms with E-state index >= 15 is 0 Å². The van der Waals surface area contributed by atoms with Crippen molar-refractivity contribution in [1.82, 2.24) is 15.6 Å². The molecule has 0 atom stereocenters. The van der Waals surface area contributed by atoms with Crippen molar-refractivity contribution in [3.05, 3.63) is 105 Å². The van der Waals surface area contributed by atoms with Crippen LogP contribution in [0.25, 0.3) is 17.0 Å². The van der Waals surface area contributed by atoms with Crippen LogP contribution in [0.2, 0.25) is 0 Å². The number of nitro benzene ring substituents is 1. The molecule has 0 spiro atoms. The number of carbonyl (C=O) groups excluding carboxylic acids is 2. The molecular weight excluding hydrogens is 488 g/mol. The van der Waals surface area contributed by atoms with E-state index in [4.69, 9.17) is 9.47 Å². The van der Waals surface area contributed by atoms with Crippen LogP contribution in [0, 0.1) is 10.1 Å². The number of nitrogens with zero attached hydrogens (tertiary/aromatic N) is 1. The van der Waals surface area contributed by atoms with E-state index in [2.05, 4.69) is 15.6 Å². The molecule has 0 radical (unpaired) electrons. The van der Waals surface area contributed by atoms with Crippen molar-refractivity contribution in [3.63, 3.8) is 0 Å². The number of nitrogens with one attached hydrogen (secondary N) is 3. The van der Waals surface area contributed by atoms with Gasteiger partial charge in [-0.25, -0.2) is 0 Å². The minimum absolute atomic E-state index is 0.0655. The van der Waals surface area contributed by atoms with Crippen LogP contribution in [0.5, 0.6) is 11.5 Å². The predicted molar refractivity (Wildman–Crippen MR) is 143 cm³/mol. The minimum Gasteiger partial charge on any atom is -0.493 e. The van der Waals surface area contributed by atoms with E-state index in [1.54, 1.807) is 12.1 Å². The van der Waals surface area contributed by atoms with Crippen molar-refractivity contribution < 1.29 is 24.0 Å². The summed E-state index contributed by atoms with van der Waals surface area (Å²) < 4.78 is 10.5. The van der Waals surface area contributed by atoms with E-state index in [9.17, 15) is 19.7 Å². The number of aromatic amines is 1. The molecule has 1 aromatic heterocycles. The first-order chi connectivity index (χ1) is 18.4. The van der Waals surface area contributed by atoms with Gasteiger partial charge in [-0.05, 0) is 47.9 Å². The number of hydrogen-bond acceptors (Lipinski definition) is 6. The van der Waals surface area contributed by atoms with Crippen LogP contribution in [-0.2, 0) is 11.2 Å². The number of aromatic nitrogens is 1. The van der Waals surface area contributed by atoms with Gasteiger partial charge in [0.05, 0.1) is 19.1 Å². The highest BCUT2D eigenvalue weighted by atomic mass is 16.6. The lowest BCUT2D eigenvalue weighted by Gasteiger charge is -2.13. The molecule has 38 heavy (non-hydrogen) atoms. The Balaban J connectivity index is 1.55. The molecule has 3 N–H and O–H groups in total. The highest BCUT2D eigenvalue weighted by Gasteiger charge is 2.17. The van der Waals surface area contributed by atoms with Gasteiger partial charge in [0, 0.05) is 41.3 Å². The third-order valence-corrected chi connectivity index (χ3v) is 5.89. The summed E-state index contributed by atoms with van der Waals surface area (Å²) in [6, 6.07) is 18.3. The van der Waals surface area contributed by atoms with E-state index in [1.807, 2.05) is 30.5 Å². The molecule has 0 aliphatic carbocycles. The van der Waals surface area contributed by atoms with Gasteiger partial charge >= 0.3 is 0 Å². The van der Waals surface area contributed by atoms with Crippen molar-refractivity contribution in [3.8, 4) is 11.5 Å². The Morgan fingerprint density at radius 1 is 1.00 bits per heavy atom. The number of non-ortho nitro benzene ring substituents is 1. The van der Waals surface area contributed by atoms with Crippen molar-refractivity contribution in [2.75, 3.05) is 20.8 Å². The molecule has 0 bridgehead atoms. The molecular formula is C28H26N4O6. The van der Waals surface area contributed by atoms with E-state index < -0.39 is 16.7 Å². The van der Waals surface area contributed by atoms with Crippen LogP contribution >= 0.6 is 0 Å². The van der Waals surface area contributed by atoms with Crippen molar-refractivity contribution >= 4 is 34.5 Å². The largest absolute Gasteiger partial charge is 0.493 e. The standard InChI is InChI=1S/C28H26N4O6/c1-37-25-11-10-19(16-26(25)38-2)27(33)31-24(15-18-6-5-7-21(14-18)32(35)36)28(34)29-13-12-20-17-30-23-9-4-3-8-22(20)23/h3-11,14-17,30H,12-13H2,1-2H3,(H,29,34)(H,31,33)/b24-15+. The summed E-state index contributed by atoms with van der Waals surface area (Å²) in [6.07, 6.45) is 3.85. The van der Waals surface area contributed by atoms with Gasteiger partial charge in [0.2, 0.25) is 0 Å². The fourth-order valence-corrected chi connectivity index (χ4v) is 3.97. The smallest absolute Gasteiger partial charge is 0.270 e. The number of methoxy groups -OCH3 is 2. The molecule has 4 aromatic rings. The number of benzene rings is 3. The summed E-state index contributed by atoms with van der Waals surface area (Å²) in [6.45, 7) is 0.305. The van der Waals surface area contributed by atoms with E-state index in [1.165, 1.54) is 50.6 Å². The van der Waals surface area contributed by atoms with Gasteiger partial charge < -0.3 is 25.1 Å². The number of nitro groups is 1. The highest BCUT2D eigenvalue weighted by Crippen LogP contribution is 2.27. The molecule has 0 aliphatic heterocycles. The summed E-state index contributed by atoms with van der Waals surface area (Å²) in [5.41, 5.74) is 2.46. The van der Waals surface area contributed by atoms with Gasteiger partial charge in [0.15, 0.2) is 11.5 Å². The topological polar surface area (TPSA) is 136 Å². The van der Waals surface area contributed by atoms with Gasteiger partial charge in [-0.3, -0.25) is 19.7 Å². The summed E-state index contributed by atoms with van der Waals surface area (Å²) in [7, 11) is 2.94. The van der Waals surface area contributed by atoms with Gasteiger partial charge in [0.1, 0.15) is 5.70 Å². The Hall–Kier alpha value is -5.12. The van der Waals surface area contributed by atoms with E-state index in [-0.39, 0.29) is 16.9 Å². The number of H-pyrrole nitrogens is 1. The van der Waals surface area contributed by atoms with E-state index in [0.29, 0.717) is 30.0 Å². The zero-order chi connectivity index (χ0) is 27.1. The second-order valence-electron chi connectivity index (χ2n) is 8.30. The molecule has 0 fully saturated rings.